The Morgan fingerprint density at radius 1 is 0.484 bits per heavy atom. The fraction of sp³-hybridized carbons (Fsp3) is 0.454. The summed E-state index contributed by atoms with van der Waals surface area (Å²) in [4.78, 5) is 91.1. The number of aliphatic hydroxyl groups excluding tert-OH is 1. The number of amides is 2. The third-order valence-corrected chi connectivity index (χ3v) is 40.0. The molecule has 3 aliphatic heterocycles. The number of carbonyl (C=O) groups is 7. The number of benzene rings is 7. The van der Waals surface area contributed by atoms with Crippen LogP contribution in [0.3, 0.4) is 0 Å². The third kappa shape index (κ3) is 23.4. The Labute approximate surface area is 727 Å². The average molecular weight is 1830 g/mol. The van der Waals surface area contributed by atoms with Crippen LogP contribution >= 0.6 is 18.7 Å². The van der Waals surface area contributed by atoms with Crippen molar-refractivity contribution < 1.29 is 88.2 Å². The predicted octanol–water partition coefficient (Wildman–Crippen LogP) is 18.6. The Kier molecular flexibility index (Phi) is 32.0. The summed E-state index contributed by atoms with van der Waals surface area (Å²) in [5.74, 6) is -1.33. The van der Waals surface area contributed by atoms with Crippen molar-refractivity contribution in [1.29, 1.82) is 0 Å². The van der Waals surface area contributed by atoms with Crippen LogP contribution < -0.4 is 39.7 Å². The van der Waals surface area contributed by atoms with Crippen LogP contribution in [0.5, 0.6) is 23.0 Å². The van der Waals surface area contributed by atoms with E-state index >= 15 is 0 Å². The molecule has 662 valence electrons. The monoisotopic (exact) mass is 1820 g/mol. The maximum atomic E-state index is 14.0. The molecule has 1 N–H and O–H groups in total. The number of halogens is 1. The van der Waals surface area contributed by atoms with E-state index in [0.29, 0.717) is 80.6 Å². The van der Waals surface area contributed by atoms with Gasteiger partial charge in [0.1, 0.15) is 11.2 Å². The van der Waals surface area contributed by atoms with Crippen LogP contribution in [-0.2, 0) is 62.6 Å². The molecule has 122 heavy (non-hydrogen) atoms. The number of ether oxygens (including phenoxy) is 6. The fourth-order valence-corrected chi connectivity index (χ4v) is 33.2. The van der Waals surface area contributed by atoms with E-state index in [-0.39, 0.29) is 48.7 Å². The summed E-state index contributed by atoms with van der Waals surface area (Å²) in [5.41, 5.74) is 3.37. The van der Waals surface area contributed by atoms with Crippen LogP contribution in [0.4, 0.5) is 9.59 Å². The topological polar surface area (TPSA) is 257 Å². The van der Waals surface area contributed by atoms with E-state index in [0.717, 1.165) is 61.4 Å². The van der Waals surface area contributed by atoms with Gasteiger partial charge in [-0.2, -0.15) is 0 Å². The molecule has 2 amide bonds. The predicted molar refractivity (Wildman–Crippen MR) is 489 cm³/mol. The first-order valence-electron chi connectivity index (χ1n) is 41.4. The van der Waals surface area contributed by atoms with Gasteiger partial charge in [0.05, 0.1) is 46.6 Å². The number of ketones is 1. The molecule has 0 fully saturated rings. The summed E-state index contributed by atoms with van der Waals surface area (Å²) < 4.78 is 68.8. The van der Waals surface area contributed by atoms with Gasteiger partial charge >= 0.3 is 140 Å². The molecule has 0 saturated carbocycles. The summed E-state index contributed by atoms with van der Waals surface area (Å²) in [5, 5.41) is 16.5. The SMILES string of the molecule is C=C(CC(C)(C)CCO[Si](c1ccccc1)(c1ccccc1)C(C)(C)C)C(=O)C[C@@H]1c2cc(OC)c(OC)cc2CCN1C(=O)OC(C)(C)C.C=C(CC(C)(C)CCO[Si](c1ccccc1)(c1ccccc1)C(C)(C)C)C(O)C[C@@H]1c2cc(OC)c(OC)cc2CCN1C(=O)OC(C)(C)C.CC(=O)OI1(OC(C)=O)(OC(C)=O)OC(=O)c2ccccc21. The first-order chi connectivity index (χ1) is 57.0. The zero-order valence-electron chi connectivity index (χ0n) is 75.8. The molecule has 10 rings (SSSR count). The molecule has 0 aliphatic carbocycles. The molecule has 25 heteroatoms. The molecule has 3 aliphatic rings. The first-order valence-corrected chi connectivity index (χ1v) is 49.8. The average Bonchev–Trinajstić information content (AvgIpc) is 1.53. The molecule has 7 aromatic rings. The molecule has 7 aromatic carbocycles. The molecule has 3 heterocycles. The van der Waals surface area contributed by atoms with Crippen molar-refractivity contribution in [2.45, 2.75) is 222 Å². The van der Waals surface area contributed by atoms with E-state index in [1.165, 1.54) is 38.9 Å². The minimum atomic E-state index is -6.03. The van der Waals surface area contributed by atoms with Gasteiger partial charge < -0.3 is 52.2 Å². The van der Waals surface area contributed by atoms with Gasteiger partial charge in [-0.05, 0) is 179 Å². The van der Waals surface area contributed by atoms with Crippen molar-refractivity contribution >= 4 is 97.9 Å². The Balaban J connectivity index is 0.000000244. The third-order valence-electron chi connectivity index (χ3n) is 21.7. The van der Waals surface area contributed by atoms with Crippen molar-refractivity contribution in [2.24, 2.45) is 10.8 Å². The molecular formula is C97H129IN2O20Si2. The van der Waals surface area contributed by atoms with Gasteiger partial charge in [0.15, 0.2) is 28.8 Å². The molecule has 0 aromatic heterocycles. The molecule has 0 bridgehead atoms. The van der Waals surface area contributed by atoms with E-state index < -0.39 is 101 Å². The summed E-state index contributed by atoms with van der Waals surface area (Å²) in [7, 11) is 1.06. The molecule has 0 radical (unpaired) electrons. The van der Waals surface area contributed by atoms with E-state index in [4.69, 9.17) is 49.5 Å². The van der Waals surface area contributed by atoms with Gasteiger partial charge in [0.2, 0.25) is 0 Å². The van der Waals surface area contributed by atoms with Crippen molar-refractivity contribution in [2.75, 3.05) is 54.7 Å². The first kappa shape index (κ1) is 97.8. The van der Waals surface area contributed by atoms with E-state index in [2.05, 4.69) is 192 Å². The number of aliphatic hydroxyl groups is 1. The number of allylic oxidation sites excluding steroid dienone is 1. The van der Waals surface area contributed by atoms with E-state index in [1.807, 2.05) is 77.9 Å². The second-order valence-corrected chi connectivity index (χ2v) is 52.2. The van der Waals surface area contributed by atoms with Crippen LogP contribution in [0.2, 0.25) is 10.1 Å². The van der Waals surface area contributed by atoms with Crippen molar-refractivity contribution in [3.63, 3.8) is 0 Å². The van der Waals surface area contributed by atoms with E-state index in [1.54, 1.807) is 44.3 Å². The number of fused-ring (bicyclic) bond motifs is 3. The Morgan fingerprint density at radius 2 is 0.820 bits per heavy atom. The van der Waals surface area contributed by atoms with Gasteiger partial charge in [-0.1, -0.05) is 204 Å². The second kappa shape index (κ2) is 39.9. The fourth-order valence-electron chi connectivity index (χ4n) is 16.3. The normalized spacial score (nSPS) is 16.2. The molecule has 3 atom stereocenters. The van der Waals surface area contributed by atoms with Crippen LogP contribution in [0, 0.1) is 14.4 Å². The zero-order valence-corrected chi connectivity index (χ0v) is 79.9. The molecule has 22 nitrogen and oxygen atoms in total. The van der Waals surface area contributed by atoms with Gasteiger partial charge in [0, 0.05) is 39.1 Å². The van der Waals surface area contributed by atoms with Crippen LogP contribution in [0.25, 0.3) is 0 Å². The number of Topliss-reactive ketones (excluding diaryl/α,β-unsaturated/α-hetero) is 1. The standard InChI is InChI=1S/C42H59NO6Si.C42H57NO6Si.C13H13IO8/c2*1-30(29-42(8,9)23-25-48-50(41(5,6)7,32-18-14-12-15-19-32)33-20-16-13-17-21-33)36(44)28-35-34-27-38(47-11)37(46-10)26-31(34)22-24-43(35)39(45)49-40(2,3)4;1-8(15)19-14(20-9(2)16,21-10(3)17)12-7-5-4-6-11(12)13(18)22-14/h12-21,26-27,35-36,44H,1,22-25,28-29H2,2-11H3;12-21,26-27,35H,1,22-25,28-29H2,2-11H3;4-7H,1-3H3/t35-,36?;35-;/m11./s1. The number of hydrogen-bond acceptors (Lipinski definition) is 20. The molecule has 0 saturated heterocycles. The van der Waals surface area contributed by atoms with Crippen molar-refractivity contribution in [3.05, 3.63) is 226 Å². The number of hydrogen-bond donors (Lipinski definition) is 1. The molecule has 0 spiro atoms. The number of carbonyl (C=O) groups excluding carboxylic acids is 7. The maximum absolute atomic E-state index is 14.0. The van der Waals surface area contributed by atoms with Crippen LogP contribution in [0.15, 0.2) is 194 Å². The summed E-state index contributed by atoms with van der Waals surface area (Å²) >= 11 is -6.03. The number of nitrogens with zero attached hydrogens (tertiary/aromatic N) is 2. The Hall–Kier alpha value is -9.65. The van der Waals surface area contributed by atoms with Crippen LogP contribution in [-0.4, -0.2) is 145 Å². The Morgan fingerprint density at radius 3 is 1.17 bits per heavy atom. The molecular weight excluding hydrogens is 1700 g/mol. The Bertz CT molecular complexity index is 4720. The van der Waals surface area contributed by atoms with Gasteiger partial charge in [-0.25, -0.2) is 9.59 Å². The number of methoxy groups -OCH3 is 4. The van der Waals surface area contributed by atoms with E-state index in [9.17, 15) is 38.7 Å². The summed E-state index contributed by atoms with van der Waals surface area (Å²) in [6.45, 7) is 47.3. The second-order valence-electron chi connectivity index (χ2n) is 36.8. The van der Waals surface area contributed by atoms with Gasteiger partial charge in [0.25, 0.3) is 16.6 Å². The van der Waals surface area contributed by atoms with Crippen molar-refractivity contribution in [1.82, 2.24) is 9.80 Å². The van der Waals surface area contributed by atoms with Crippen molar-refractivity contribution in [3.8, 4) is 23.0 Å². The summed E-state index contributed by atoms with van der Waals surface area (Å²) in [6, 6.07) is 55.2. The van der Waals surface area contributed by atoms with Gasteiger partial charge in [-0.3, -0.25) is 4.79 Å². The summed E-state index contributed by atoms with van der Waals surface area (Å²) in [6.07, 6.45) is 2.59. The quantitative estimate of drug-likeness (QED) is 0.0198. The van der Waals surface area contributed by atoms with Crippen LogP contribution in [0.1, 0.15) is 215 Å². The molecule has 1 unspecified atom stereocenters. The minimum absolute atomic E-state index is 0.0142. The van der Waals surface area contributed by atoms with Gasteiger partial charge in [-0.15, -0.1) is 0 Å². The zero-order chi connectivity index (χ0) is 90.4. The number of rotatable bonds is 29.